The minimum atomic E-state index is -1.32. The average Bonchev–Trinajstić information content (AvgIpc) is 2.90. The van der Waals surface area contributed by atoms with E-state index in [1.54, 1.807) is 0 Å². The van der Waals surface area contributed by atoms with Crippen LogP contribution in [0.4, 0.5) is 10.2 Å². The maximum absolute atomic E-state index is 13.9. The number of rotatable bonds is 2. The maximum Gasteiger partial charge on any atom is 0.164 e. The summed E-state index contributed by atoms with van der Waals surface area (Å²) in [5, 5.41) is 28.7. The first kappa shape index (κ1) is 13.2. The normalized spacial score (nSPS) is 30.2. The van der Waals surface area contributed by atoms with Crippen molar-refractivity contribution in [2.24, 2.45) is 0 Å². The molecule has 0 amide bonds. The van der Waals surface area contributed by atoms with Crippen molar-refractivity contribution in [3.63, 3.8) is 0 Å². The molecule has 20 heavy (non-hydrogen) atoms. The molecular weight excluding hydrogens is 271 g/mol. The predicted molar refractivity (Wildman–Crippen MR) is 64.9 cm³/mol. The topological polar surface area (TPSA) is 127 Å². The number of nitrogen functional groups attached to an aromatic ring is 1. The molecule has 3 heterocycles. The third-order valence-corrected chi connectivity index (χ3v) is 3.38. The van der Waals surface area contributed by atoms with E-state index in [0.29, 0.717) is 0 Å². The van der Waals surface area contributed by atoms with Gasteiger partial charge in [-0.1, -0.05) is 0 Å². The Labute approximate surface area is 112 Å². The molecule has 0 spiro atoms. The quantitative estimate of drug-likeness (QED) is 0.543. The van der Waals surface area contributed by atoms with Crippen molar-refractivity contribution in [2.45, 2.75) is 24.5 Å². The van der Waals surface area contributed by atoms with Crippen molar-refractivity contribution >= 4 is 16.9 Å². The van der Waals surface area contributed by atoms with Crippen molar-refractivity contribution in [2.75, 3.05) is 12.3 Å². The smallest absolute Gasteiger partial charge is 0.164 e. The van der Waals surface area contributed by atoms with E-state index in [2.05, 4.69) is 9.97 Å². The molecule has 0 radical (unpaired) electrons. The van der Waals surface area contributed by atoms with Crippen LogP contribution < -0.4 is 5.73 Å². The largest absolute Gasteiger partial charge is 0.394 e. The van der Waals surface area contributed by atoms with E-state index in [9.17, 15) is 14.6 Å². The number of hydrogen-bond donors (Lipinski definition) is 4. The molecule has 9 heteroatoms. The number of fused-ring (bicyclic) bond motifs is 1. The molecule has 1 aliphatic heterocycles. The van der Waals surface area contributed by atoms with Crippen molar-refractivity contribution in [1.29, 1.82) is 0 Å². The highest BCUT2D eigenvalue weighted by Crippen LogP contribution is 2.33. The van der Waals surface area contributed by atoms with Gasteiger partial charge in [-0.3, -0.25) is 0 Å². The maximum atomic E-state index is 13.9. The number of ether oxygens (including phenoxy) is 1. The summed E-state index contributed by atoms with van der Waals surface area (Å²) in [5.41, 5.74) is 5.73. The van der Waals surface area contributed by atoms with E-state index in [1.807, 2.05) is 0 Å². The molecule has 0 bridgehead atoms. The lowest BCUT2D eigenvalue weighted by molar-refractivity contribution is -0.0510. The van der Waals surface area contributed by atoms with Gasteiger partial charge in [-0.25, -0.2) is 14.4 Å². The predicted octanol–water partition coefficient (Wildman–Crippen LogP) is -1.24. The minimum absolute atomic E-state index is 0.0187. The number of anilines is 1. The zero-order chi connectivity index (χ0) is 14.4. The van der Waals surface area contributed by atoms with Gasteiger partial charge in [-0.05, 0) is 0 Å². The van der Waals surface area contributed by atoms with Crippen LogP contribution in [-0.4, -0.2) is 54.8 Å². The van der Waals surface area contributed by atoms with E-state index in [4.69, 9.17) is 15.6 Å². The highest BCUT2D eigenvalue weighted by molar-refractivity contribution is 5.86. The minimum Gasteiger partial charge on any atom is -0.394 e. The first-order valence-electron chi connectivity index (χ1n) is 5.93. The molecule has 2 aromatic rings. The SMILES string of the molecule is Nc1ncnc2c1c(F)cn2[C@@H]1O[C@H](CO)[C@@H](O)[C@H]1O. The summed E-state index contributed by atoms with van der Waals surface area (Å²) < 4.78 is 20.5. The molecule has 0 aromatic carbocycles. The molecule has 1 fully saturated rings. The van der Waals surface area contributed by atoms with Gasteiger partial charge in [0.25, 0.3) is 0 Å². The second-order valence-corrected chi connectivity index (χ2v) is 4.57. The highest BCUT2D eigenvalue weighted by Gasteiger charge is 2.44. The monoisotopic (exact) mass is 284 g/mol. The molecule has 0 unspecified atom stereocenters. The van der Waals surface area contributed by atoms with Crippen LogP contribution in [-0.2, 0) is 4.74 Å². The lowest BCUT2D eigenvalue weighted by Gasteiger charge is -2.16. The molecule has 5 N–H and O–H groups in total. The van der Waals surface area contributed by atoms with Crippen molar-refractivity contribution in [1.82, 2.24) is 14.5 Å². The number of halogens is 1. The van der Waals surface area contributed by atoms with Crippen LogP contribution in [0, 0.1) is 5.82 Å². The molecule has 1 aliphatic rings. The third-order valence-electron chi connectivity index (χ3n) is 3.38. The lowest BCUT2D eigenvalue weighted by atomic mass is 10.1. The van der Waals surface area contributed by atoms with E-state index in [0.717, 1.165) is 12.5 Å². The van der Waals surface area contributed by atoms with E-state index < -0.39 is 37.0 Å². The summed E-state index contributed by atoms with van der Waals surface area (Å²) in [6.45, 7) is -0.465. The van der Waals surface area contributed by atoms with Crippen molar-refractivity contribution in [3.05, 3.63) is 18.3 Å². The summed E-state index contributed by atoms with van der Waals surface area (Å²) in [7, 11) is 0. The Morgan fingerprint density at radius 3 is 2.75 bits per heavy atom. The molecule has 1 saturated heterocycles. The van der Waals surface area contributed by atoms with Crippen LogP contribution in [0.25, 0.3) is 11.0 Å². The molecule has 3 rings (SSSR count). The Bertz CT molecular complexity index is 649. The van der Waals surface area contributed by atoms with E-state index in [1.165, 1.54) is 4.57 Å². The fourth-order valence-corrected chi connectivity index (χ4v) is 2.37. The Kier molecular flexibility index (Phi) is 3.05. The van der Waals surface area contributed by atoms with Crippen LogP contribution in [0.5, 0.6) is 0 Å². The van der Waals surface area contributed by atoms with Gasteiger partial charge in [0.1, 0.15) is 30.5 Å². The van der Waals surface area contributed by atoms with Crippen molar-refractivity contribution < 1.29 is 24.4 Å². The third kappa shape index (κ3) is 1.75. The van der Waals surface area contributed by atoms with Crippen LogP contribution in [0.15, 0.2) is 12.5 Å². The standard InChI is InChI=1S/C11H13FN4O4/c12-4-1-16(10-6(4)9(13)14-3-15-10)11-8(19)7(18)5(2-17)20-11/h1,3,5,7-8,11,17-19H,2H2,(H2,13,14,15)/t5-,7-,8-,11-/m1/s1. The first-order chi connectivity index (χ1) is 9.54. The van der Waals surface area contributed by atoms with Gasteiger partial charge in [0.05, 0.1) is 12.0 Å². The molecule has 108 valence electrons. The van der Waals surface area contributed by atoms with Gasteiger partial charge in [0.15, 0.2) is 17.7 Å². The lowest BCUT2D eigenvalue weighted by Crippen LogP contribution is -2.33. The number of hydrogen-bond acceptors (Lipinski definition) is 7. The molecular formula is C11H13FN4O4. The summed E-state index contributed by atoms with van der Waals surface area (Å²) in [5.74, 6) is -0.686. The van der Waals surface area contributed by atoms with Crippen LogP contribution in [0.3, 0.4) is 0 Å². The van der Waals surface area contributed by atoms with Crippen molar-refractivity contribution in [3.8, 4) is 0 Å². The van der Waals surface area contributed by atoms with E-state index in [-0.39, 0.29) is 16.9 Å². The van der Waals surface area contributed by atoms with Crippen LogP contribution in [0.2, 0.25) is 0 Å². The fourth-order valence-electron chi connectivity index (χ4n) is 2.37. The number of aromatic nitrogens is 3. The van der Waals surface area contributed by atoms with Gasteiger partial charge < -0.3 is 30.4 Å². The van der Waals surface area contributed by atoms with Gasteiger partial charge in [-0.2, -0.15) is 0 Å². The Balaban J connectivity index is 2.10. The highest BCUT2D eigenvalue weighted by atomic mass is 19.1. The Morgan fingerprint density at radius 1 is 1.35 bits per heavy atom. The molecule has 2 aromatic heterocycles. The summed E-state index contributed by atoms with van der Waals surface area (Å²) in [4.78, 5) is 7.61. The van der Waals surface area contributed by atoms with Gasteiger partial charge in [0.2, 0.25) is 0 Å². The summed E-state index contributed by atoms with van der Waals surface area (Å²) >= 11 is 0. The number of aliphatic hydroxyl groups is 3. The fraction of sp³-hybridized carbons (Fsp3) is 0.455. The molecule has 4 atom stereocenters. The second-order valence-electron chi connectivity index (χ2n) is 4.57. The number of aliphatic hydroxyl groups excluding tert-OH is 3. The van der Waals surface area contributed by atoms with E-state index >= 15 is 0 Å². The number of nitrogens with zero attached hydrogens (tertiary/aromatic N) is 3. The molecule has 0 aliphatic carbocycles. The van der Waals surface area contributed by atoms with Gasteiger partial charge in [0, 0.05) is 6.20 Å². The van der Waals surface area contributed by atoms with Gasteiger partial charge >= 0.3 is 0 Å². The zero-order valence-corrected chi connectivity index (χ0v) is 10.2. The summed E-state index contributed by atoms with van der Waals surface area (Å²) in [6.07, 6.45) is -2.38. The molecule has 8 nitrogen and oxygen atoms in total. The second kappa shape index (κ2) is 4.63. The Hall–Kier alpha value is -1.81. The van der Waals surface area contributed by atoms with Gasteiger partial charge in [-0.15, -0.1) is 0 Å². The van der Waals surface area contributed by atoms with Crippen LogP contribution in [0.1, 0.15) is 6.23 Å². The molecule has 0 saturated carbocycles. The average molecular weight is 284 g/mol. The Morgan fingerprint density at radius 2 is 2.10 bits per heavy atom. The summed E-state index contributed by atoms with van der Waals surface area (Å²) in [6, 6.07) is 0. The van der Waals surface area contributed by atoms with Crippen LogP contribution >= 0.6 is 0 Å². The first-order valence-corrected chi connectivity index (χ1v) is 5.93. The number of nitrogens with two attached hydrogens (primary N) is 1. The zero-order valence-electron chi connectivity index (χ0n) is 10.2.